The fourth-order valence-corrected chi connectivity index (χ4v) is 4.74. The number of aliphatic hydroxyl groups excluding tert-OH is 2. The van der Waals surface area contributed by atoms with Crippen molar-refractivity contribution in [3.63, 3.8) is 0 Å². The molecule has 5 nitrogen and oxygen atoms in total. The van der Waals surface area contributed by atoms with Crippen LogP contribution in [0, 0.1) is 11.8 Å². The highest BCUT2D eigenvalue weighted by Gasteiger charge is 2.41. The predicted molar refractivity (Wildman–Crippen MR) is 123 cm³/mol. The van der Waals surface area contributed by atoms with Crippen LogP contribution in [0.4, 0.5) is 0 Å². The molecular formula is C24H28Cl2O5. The minimum absolute atomic E-state index is 0.0288. The number of carbonyl (C=O) groups excluding carboxylic acids is 1. The monoisotopic (exact) mass is 466 g/mol. The van der Waals surface area contributed by atoms with Crippen LogP contribution in [0.2, 0.25) is 5.02 Å². The van der Waals surface area contributed by atoms with Crippen LogP contribution < -0.4 is 4.74 Å². The van der Waals surface area contributed by atoms with Gasteiger partial charge in [-0.3, -0.25) is 4.79 Å². The highest BCUT2D eigenvalue weighted by atomic mass is 35.5. The second-order valence-corrected chi connectivity index (χ2v) is 8.71. The van der Waals surface area contributed by atoms with Gasteiger partial charge in [-0.2, -0.15) is 0 Å². The topological polar surface area (TPSA) is 76.0 Å². The van der Waals surface area contributed by atoms with E-state index in [9.17, 15) is 9.90 Å². The second kappa shape index (κ2) is 11.7. The number of alkyl halides is 1. The normalized spacial score (nSPS) is 23.5. The summed E-state index contributed by atoms with van der Waals surface area (Å²) in [5.41, 5.74) is 0. The van der Waals surface area contributed by atoms with E-state index in [4.69, 9.17) is 37.8 Å². The highest BCUT2D eigenvalue weighted by Crippen LogP contribution is 2.40. The lowest BCUT2D eigenvalue weighted by Gasteiger charge is -2.23. The fraction of sp³-hybridized carbons (Fsp3) is 0.458. The summed E-state index contributed by atoms with van der Waals surface area (Å²) in [6.07, 6.45) is 5.47. The number of fused-ring (bicyclic) bond motifs is 1. The number of benzene rings is 2. The predicted octanol–water partition coefficient (Wildman–Crippen LogP) is 4.74. The number of allylic oxidation sites excluding steroid dienone is 2. The number of carbonyl (C=O) groups is 1. The molecule has 0 radical (unpaired) electrons. The largest absolute Gasteiger partial charge is 0.493 e. The lowest BCUT2D eigenvalue weighted by atomic mass is 9.92. The zero-order valence-electron chi connectivity index (χ0n) is 17.3. The van der Waals surface area contributed by atoms with Gasteiger partial charge in [0.15, 0.2) is 0 Å². The molecule has 0 spiro atoms. The van der Waals surface area contributed by atoms with Crippen molar-refractivity contribution in [2.45, 2.75) is 37.2 Å². The van der Waals surface area contributed by atoms with Gasteiger partial charge in [-0.05, 0) is 37.3 Å². The maximum atomic E-state index is 11.5. The van der Waals surface area contributed by atoms with Crippen LogP contribution in [0.15, 0.2) is 48.6 Å². The maximum absolute atomic E-state index is 11.5. The third-order valence-corrected chi connectivity index (χ3v) is 6.51. The summed E-state index contributed by atoms with van der Waals surface area (Å²) in [5, 5.41) is 21.6. The Hall–Kier alpha value is -1.79. The summed E-state index contributed by atoms with van der Waals surface area (Å²) < 4.78 is 11.0. The van der Waals surface area contributed by atoms with Crippen molar-refractivity contribution in [1.82, 2.24) is 0 Å². The van der Waals surface area contributed by atoms with Crippen LogP contribution in [-0.2, 0) is 9.53 Å². The lowest BCUT2D eigenvalue weighted by molar-refractivity contribution is -0.144. The molecule has 2 aromatic carbocycles. The number of ether oxygens (including phenoxy) is 2. The van der Waals surface area contributed by atoms with Crippen LogP contribution in [0.1, 0.15) is 25.7 Å². The van der Waals surface area contributed by atoms with E-state index in [1.807, 2.05) is 48.6 Å². The summed E-state index contributed by atoms with van der Waals surface area (Å²) in [4.78, 5) is 11.5. The van der Waals surface area contributed by atoms with E-state index in [2.05, 4.69) is 0 Å². The van der Waals surface area contributed by atoms with Gasteiger partial charge < -0.3 is 19.7 Å². The molecule has 168 valence electrons. The smallest absolute Gasteiger partial charge is 0.306 e. The molecule has 1 aliphatic rings. The number of rotatable bonds is 10. The van der Waals surface area contributed by atoms with Crippen molar-refractivity contribution in [3.05, 3.63) is 53.6 Å². The molecule has 0 aromatic heterocycles. The van der Waals surface area contributed by atoms with Gasteiger partial charge in [0.25, 0.3) is 0 Å². The van der Waals surface area contributed by atoms with Crippen LogP contribution in [-0.4, -0.2) is 47.5 Å². The van der Waals surface area contributed by atoms with Gasteiger partial charge in [0, 0.05) is 33.5 Å². The Morgan fingerprint density at radius 3 is 2.68 bits per heavy atom. The first-order valence-electron chi connectivity index (χ1n) is 10.5. The molecule has 2 N–H and O–H groups in total. The molecule has 1 fully saturated rings. The van der Waals surface area contributed by atoms with Gasteiger partial charge in [0.1, 0.15) is 12.4 Å². The number of hydrogen-bond donors (Lipinski definition) is 2. The van der Waals surface area contributed by atoms with Crippen molar-refractivity contribution < 1.29 is 24.5 Å². The quantitative estimate of drug-likeness (QED) is 0.300. The van der Waals surface area contributed by atoms with E-state index in [1.165, 1.54) is 0 Å². The molecule has 2 aromatic rings. The third-order valence-electron chi connectivity index (χ3n) is 5.68. The first-order chi connectivity index (χ1) is 15.0. The van der Waals surface area contributed by atoms with Crippen LogP contribution in [0.25, 0.3) is 10.8 Å². The molecular weight excluding hydrogens is 439 g/mol. The van der Waals surface area contributed by atoms with E-state index in [0.29, 0.717) is 30.9 Å². The zero-order valence-corrected chi connectivity index (χ0v) is 18.8. The molecule has 0 heterocycles. The standard InChI is InChI=1S/C24H28Cl2O5/c25-20-10-11-23(18-8-5-4-7-16(18)20)31-15-19-17(21(26)14-22(19)28)6-2-1-3-9-24(29)30-13-12-27/h1-2,4-5,7-8,10-11,17,19,21-22,27-28H,3,6,9,12-15H2/b2-1-/t17-,19-,21-,22-/m1/s1. The summed E-state index contributed by atoms with van der Waals surface area (Å²) in [5.74, 6) is 0.400. The van der Waals surface area contributed by atoms with Crippen molar-refractivity contribution >= 4 is 39.9 Å². The Balaban J connectivity index is 1.57. The van der Waals surface area contributed by atoms with Crippen LogP contribution in [0.5, 0.6) is 5.75 Å². The van der Waals surface area contributed by atoms with Crippen molar-refractivity contribution in [1.29, 1.82) is 0 Å². The Labute approximate surface area is 192 Å². The summed E-state index contributed by atoms with van der Waals surface area (Å²) in [6, 6.07) is 11.5. The second-order valence-electron chi connectivity index (χ2n) is 7.74. The molecule has 0 aliphatic heterocycles. The van der Waals surface area contributed by atoms with Crippen LogP contribution in [0.3, 0.4) is 0 Å². The summed E-state index contributed by atoms with van der Waals surface area (Å²) in [6.45, 7) is 0.223. The highest BCUT2D eigenvalue weighted by molar-refractivity contribution is 6.35. The number of aliphatic hydroxyl groups is 2. The molecule has 1 saturated carbocycles. The van der Waals surface area contributed by atoms with E-state index in [-0.39, 0.29) is 42.8 Å². The van der Waals surface area contributed by atoms with Crippen LogP contribution >= 0.6 is 23.2 Å². The molecule has 4 atom stereocenters. The Bertz CT molecular complexity index is 901. The van der Waals surface area contributed by atoms with Gasteiger partial charge in [-0.1, -0.05) is 48.0 Å². The van der Waals surface area contributed by atoms with Crippen molar-refractivity contribution in [2.24, 2.45) is 11.8 Å². The molecule has 7 heteroatoms. The van der Waals surface area contributed by atoms with E-state index < -0.39 is 6.10 Å². The van der Waals surface area contributed by atoms with Crippen molar-refractivity contribution in [3.8, 4) is 5.75 Å². The zero-order chi connectivity index (χ0) is 22.2. The van der Waals surface area contributed by atoms with Gasteiger partial charge in [0.05, 0.1) is 19.3 Å². The third kappa shape index (κ3) is 6.36. The molecule has 3 rings (SSSR count). The Morgan fingerprint density at radius 1 is 1.13 bits per heavy atom. The summed E-state index contributed by atoms with van der Waals surface area (Å²) >= 11 is 12.8. The molecule has 0 unspecified atom stereocenters. The average Bonchev–Trinajstić information content (AvgIpc) is 3.04. The lowest BCUT2D eigenvalue weighted by Crippen LogP contribution is -2.27. The maximum Gasteiger partial charge on any atom is 0.306 e. The SMILES string of the molecule is O=C(CC/C=C\C[C@@H]1[C@@H](COc2ccc(Cl)c3ccccc23)[C@H](O)C[C@H]1Cl)OCCO. The number of esters is 1. The fourth-order valence-electron chi connectivity index (χ4n) is 4.04. The Kier molecular flexibility index (Phi) is 9.02. The first kappa shape index (κ1) is 23.9. The first-order valence-corrected chi connectivity index (χ1v) is 11.4. The van der Waals surface area contributed by atoms with Gasteiger partial charge in [-0.15, -0.1) is 11.6 Å². The minimum Gasteiger partial charge on any atom is -0.493 e. The van der Waals surface area contributed by atoms with E-state index in [0.717, 1.165) is 16.5 Å². The van der Waals surface area contributed by atoms with Gasteiger partial charge in [-0.25, -0.2) is 0 Å². The van der Waals surface area contributed by atoms with E-state index >= 15 is 0 Å². The number of hydrogen-bond acceptors (Lipinski definition) is 5. The van der Waals surface area contributed by atoms with Gasteiger partial charge >= 0.3 is 5.97 Å². The van der Waals surface area contributed by atoms with Gasteiger partial charge in [0.2, 0.25) is 0 Å². The number of halogens is 2. The molecule has 0 saturated heterocycles. The molecule has 0 bridgehead atoms. The molecule has 1 aliphatic carbocycles. The Morgan fingerprint density at radius 2 is 1.90 bits per heavy atom. The molecule has 31 heavy (non-hydrogen) atoms. The van der Waals surface area contributed by atoms with E-state index in [1.54, 1.807) is 0 Å². The molecule has 0 amide bonds. The average molecular weight is 467 g/mol. The van der Waals surface area contributed by atoms with Crippen molar-refractivity contribution in [2.75, 3.05) is 19.8 Å². The summed E-state index contributed by atoms with van der Waals surface area (Å²) in [7, 11) is 0. The minimum atomic E-state index is -0.520.